The Balaban J connectivity index is 1.79. The second kappa shape index (κ2) is 9.89. The Labute approximate surface area is 160 Å². The number of halogens is 3. The fourth-order valence-electron chi connectivity index (χ4n) is 2.32. The van der Waals surface area contributed by atoms with E-state index in [4.69, 9.17) is 15.2 Å². The van der Waals surface area contributed by atoms with Crippen molar-refractivity contribution in [3.8, 4) is 5.75 Å². The van der Waals surface area contributed by atoms with Crippen molar-refractivity contribution < 1.29 is 32.2 Å². The van der Waals surface area contributed by atoms with Crippen molar-refractivity contribution in [1.29, 1.82) is 0 Å². The summed E-state index contributed by atoms with van der Waals surface area (Å²) in [7, 11) is 0. The number of nitrogens with two attached hydrogens (primary N) is 1. The molecule has 150 valence electrons. The fraction of sp³-hybridized carbons (Fsp3) is 0.300. The van der Waals surface area contributed by atoms with Crippen LogP contribution in [0.5, 0.6) is 5.75 Å². The first-order valence-electron chi connectivity index (χ1n) is 8.54. The second-order valence-corrected chi connectivity index (χ2v) is 6.18. The van der Waals surface area contributed by atoms with Crippen LogP contribution in [0.4, 0.5) is 13.2 Å². The average molecular weight is 395 g/mol. The summed E-state index contributed by atoms with van der Waals surface area (Å²) < 4.78 is 50.6. The Kier molecular flexibility index (Phi) is 7.57. The molecule has 0 aromatic heterocycles. The number of ketones is 1. The first-order valence-corrected chi connectivity index (χ1v) is 8.54. The number of aryl methyl sites for hydroxylation is 1. The van der Waals surface area contributed by atoms with E-state index in [1.807, 2.05) is 18.2 Å². The minimum atomic E-state index is -1.52. The Hall–Kier alpha value is -2.87. The van der Waals surface area contributed by atoms with Crippen molar-refractivity contribution in [3.63, 3.8) is 0 Å². The molecule has 0 unspecified atom stereocenters. The van der Waals surface area contributed by atoms with Gasteiger partial charge in [0, 0.05) is 6.42 Å². The van der Waals surface area contributed by atoms with E-state index >= 15 is 0 Å². The Morgan fingerprint density at radius 1 is 1.11 bits per heavy atom. The largest absolute Gasteiger partial charge is 0.480 e. The van der Waals surface area contributed by atoms with Crippen LogP contribution < -0.4 is 10.5 Å². The van der Waals surface area contributed by atoms with E-state index < -0.39 is 47.6 Å². The summed E-state index contributed by atoms with van der Waals surface area (Å²) in [6, 6.07) is 8.64. The minimum absolute atomic E-state index is 0.0248. The summed E-state index contributed by atoms with van der Waals surface area (Å²) in [5.41, 5.74) is 6.33. The number of hydrogen-bond acceptors (Lipinski definition) is 5. The van der Waals surface area contributed by atoms with Crippen LogP contribution in [0.2, 0.25) is 0 Å². The zero-order chi connectivity index (χ0) is 20.7. The van der Waals surface area contributed by atoms with E-state index in [1.165, 1.54) is 6.92 Å². The molecule has 0 bridgehead atoms. The molecule has 0 aliphatic carbocycles. The van der Waals surface area contributed by atoms with Crippen molar-refractivity contribution in [1.82, 2.24) is 0 Å². The maximum atomic E-state index is 13.8. The molecule has 0 saturated carbocycles. The molecule has 0 aliphatic heterocycles. The third-order valence-corrected chi connectivity index (χ3v) is 3.97. The van der Waals surface area contributed by atoms with E-state index in [0.717, 1.165) is 5.56 Å². The average Bonchev–Trinajstić information content (AvgIpc) is 2.69. The second-order valence-electron chi connectivity index (χ2n) is 6.18. The van der Waals surface area contributed by atoms with E-state index in [0.29, 0.717) is 6.07 Å². The summed E-state index contributed by atoms with van der Waals surface area (Å²) >= 11 is 0. The van der Waals surface area contributed by atoms with Gasteiger partial charge in [-0.05, 0) is 30.5 Å². The lowest BCUT2D eigenvalue weighted by molar-refractivity contribution is -0.145. The standard InChI is InChI=1S/C20H20F3NO4/c1-12-9-14(21)19(23)20(18(12)22)28-11-16(25)15(24)7-8-17(26)27-10-13-5-3-2-4-6-13/h2-6,9,15H,7-8,10-11,24H2,1H3/t15-/m0/s1. The van der Waals surface area contributed by atoms with Gasteiger partial charge in [-0.1, -0.05) is 30.3 Å². The highest BCUT2D eigenvalue weighted by Crippen LogP contribution is 2.26. The minimum Gasteiger partial charge on any atom is -0.480 e. The van der Waals surface area contributed by atoms with Crippen molar-refractivity contribution in [2.75, 3.05) is 6.61 Å². The van der Waals surface area contributed by atoms with Crippen LogP contribution in [0.15, 0.2) is 36.4 Å². The SMILES string of the molecule is Cc1cc(F)c(F)c(OCC(=O)[C@@H](N)CCC(=O)OCc2ccccc2)c1F. The lowest BCUT2D eigenvalue weighted by Crippen LogP contribution is -2.35. The third kappa shape index (κ3) is 5.82. The molecule has 0 aliphatic rings. The number of carbonyl (C=O) groups excluding carboxylic acids is 2. The smallest absolute Gasteiger partial charge is 0.306 e. The van der Waals surface area contributed by atoms with E-state index in [2.05, 4.69) is 0 Å². The predicted molar refractivity (Wildman–Crippen MR) is 95.0 cm³/mol. The highest BCUT2D eigenvalue weighted by Gasteiger charge is 2.21. The lowest BCUT2D eigenvalue weighted by atomic mass is 10.1. The molecule has 0 amide bonds. The van der Waals surface area contributed by atoms with Gasteiger partial charge >= 0.3 is 5.97 Å². The number of hydrogen-bond donors (Lipinski definition) is 1. The van der Waals surface area contributed by atoms with Gasteiger partial charge in [-0.25, -0.2) is 8.78 Å². The molecule has 0 fully saturated rings. The maximum Gasteiger partial charge on any atom is 0.306 e. The molecule has 2 rings (SSSR count). The number of esters is 1. The summed E-state index contributed by atoms with van der Waals surface area (Å²) in [4.78, 5) is 23.7. The summed E-state index contributed by atoms with van der Waals surface area (Å²) in [6.45, 7) is 0.583. The van der Waals surface area contributed by atoms with Crippen LogP contribution in [0.3, 0.4) is 0 Å². The van der Waals surface area contributed by atoms with E-state index in [1.54, 1.807) is 12.1 Å². The predicted octanol–water partition coefficient (Wildman–Crippen LogP) is 3.21. The molecular formula is C20H20F3NO4. The quantitative estimate of drug-likeness (QED) is 0.521. The molecule has 0 spiro atoms. The summed E-state index contributed by atoms with van der Waals surface area (Å²) in [5.74, 6) is -6.09. The number of rotatable bonds is 9. The maximum absolute atomic E-state index is 13.8. The first kappa shape index (κ1) is 21.4. The van der Waals surface area contributed by atoms with Crippen LogP contribution in [0.25, 0.3) is 0 Å². The Morgan fingerprint density at radius 3 is 2.46 bits per heavy atom. The van der Waals surface area contributed by atoms with Gasteiger partial charge in [0.2, 0.25) is 5.82 Å². The molecule has 2 N–H and O–H groups in total. The molecule has 1 atom stereocenters. The molecule has 2 aromatic rings. The van der Waals surface area contributed by atoms with Crippen LogP contribution in [0.1, 0.15) is 24.0 Å². The Morgan fingerprint density at radius 2 is 1.79 bits per heavy atom. The van der Waals surface area contributed by atoms with Crippen molar-refractivity contribution in [3.05, 3.63) is 65.0 Å². The van der Waals surface area contributed by atoms with Gasteiger partial charge in [0.1, 0.15) is 13.2 Å². The van der Waals surface area contributed by atoms with Crippen LogP contribution in [0, 0.1) is 24.4 Å². The monoisotopic (exact) mass is 395 g/mol. The fourth-order valence-corrected chi connectivity index (χ4v) is 2.32. The van der Waals surface area contributed by atoms with Gasteiger partial charge in [0.25, 0.3) is 0 Å². The number of Topliss-reactive ketones (excluding diaryl/α,β-unsaturated/α-hetero) is 1. The highest BCUT2D eigenvalue weighted by atomic mass is 19.2. The molecule has 0 heterocycles. The van der Waals surface area contributed by atoms with Crippen LogP contribution >= 0.6 is 0 Å². The third-order valence-electron chi connectivity index (χ3n) is 3.97. The molecule has 28 heavy (non-hydrogen) atoms. The highest BCUT2D eigenvalue weighted by molar-refractivity contribution is 5.85. The Bertz CT molecular complexity index is 817. The zero-order valence-corrected chi connectivity index (χ0v) is 15.2. The van der Waals surface area contributed by atoms with Gasteiger partial charge in [-0.2, -0.15) is 4.39 Å². The van der Waals surface area contributed by atoms with Gasteiger partial charge in [-0.15, -0.1) is 0 Å². The lowest BCUT2D eigenvalue weighted by Gasteiger charge is -2.13. The topological polar surface area (TPSA) is 78.6 Å². The number of benzene rings is 2. The van der Waals surface area contributed by atoms with Gasteiger partial charge in [-0.3, -0.25) is 9.59 Å². The molecule has 0 radical (unpaired) electrons. The number of carbonyl (C=O) groups is 2. The van der Waals surface area contributed by atoms with E-state index in [-0.39, 0.29) is 25.0 Å². The van der Waals surface area contributed by atoms with Crippen LogP contribution in [-0.2, 0) is 20.9 Å². The number of ether oxygens (including phenoxy) is 2. The molecule has 5 nitrogen and oxygen atoms in total. The van der Waals surface area contributed by atoms with Crippen molar-refractivity contribution in [2.24, 2.45) is 5.73 Å². The van der Waals surface area contributed by atoms with Gasteiger partial charge < -0.3 is 15.2 Å². The normalized spacial score (nSPS) is 11.8. The van der Waals surface area contributed by atoms with Gasteiger partial charge in [0.05, 0.1) is 6.04 Å². The first-order chi connectivity index (χ1) is 13.3. The van der Waals surface area contributed by atoms with Crippen molar-refractivity contribution in [2.45, 2.75) is 32.4 Å². The van der Waals surface area contributed by atoms with E-state index in [9.17, 15) is 22.8 Å². The summed E-state index contributed by atoms with van der Waals surface area (Å²) in [6.07, 6.45) is -0.134. The van der Waals surface area contributed by atoms with Crippen molar-refractivity contribution >= 4 is 11.8 Å². The summed E-state index contributed by atoms with van der Waals surface area (Å²) in [5, 5.41) is 0. The molecule has 8 heteroatoms. The zero-order valence-electron chi connectivity index (χ0n) is 15.2. The van der Waals surface area contributed by atoms with Gasteiger partial charge in [0.15, 0.2) is 23.2 Å². The molecule has 0 saturated heterocycles. The molecular weight excluding hydrogens is 375 g/mol. The molecule has 2 aromatic carbocycles. The van der Waals surface area contributed by atoms with Crippen LogP contribution in [-0.4, -0.2) is 24.4 Å².